The lowest BCUT2D eigenvalue weighted by molar-refractivity contribution is 0.277. The van der Waals surface area contributed by atoms with Gasteiger partial charge >= 0.3 is 0 Å². The van der Waals surface area contributed by atoms with Crippen molar-refractivity contribution in [2.24, 2.45) is 0 Å². The van der Waals surface area contributed by atoms with Crippen LogP contribution in [0.5, 0.6) is 0 Å². The van der Waals surface area contributed by atoms with Crippen LogP contribution in [0.3, 0.4) is 0 Å². The molecule has 1 aromatic rings. The third-order valence-corrected chi connectivity index (χ3v) is 1.90. The van der Waals surface area contributed by atoms with Crippen molar-refractivity contribution in [1.82, 2.24) is 10.4 Å². The van der Waals surface area contributed by atoms with Crippen LogP contribution < -0.4 is 10.4 Å². The predicted molar refractivity (Wildman–Crippen MR) is 56.9 cm³/mol. The number of hydrogen-bond donors (Lipinski definition) is 2. The van der Waals surface area contributed by atoms with Crippen LogP contribution in [-0.4, -0.2) is 23.7 Å². The Balaban J connectivity index is 2.64. The van der Waals surface area contributed by atoms with Gasteiger partial charge in [0, 0.05) is 13.6 Å². The topological polar surface area (TPSA) is 48.4 Å². The number of aliphatic hydroxyl groups excluding tert-OH is 1. The third-order valence-electron chi connectivity index (χ3n) is 1.90. The lowest BCUT2D eigenvalue weighted by atomic mass is 10.3. The quantitative estimate of drug-likeness (QED) is 0.686. The standard InChI is InChI=1S/C10H17N3O/c1-3-7-11-13(2)10-6-4-5-9(8-14)12-10/h4-6,11,14H,3,7-8H2,1-2H3. The minimum Gasteiger partial charge on any atom is -0.390 e. The summed E-state index contributed by atoms with van der Waals surface area (Å²) in [7, 11) is 1.92. The predicted octanol–water partition coefficient (Wildman–Crippen LogP) is 0.925. The van der Waals surface area contributed by atoms with Gasteiger partial charge < -0.3 is 5.11 Å². The summed E-state index contributed by atoms with van der Waals surface area (Å²) in [5, 5.41) is 10.8. The first-order chi connectivity index (χ1) is 6.77. The van der Waals surface area contributed by atoms with Crippen LogP contribution in [0.2, 0.25) is 0 Å². The highest BCUT2D eigenvalue weighted by Crippen LogP contribution is 2.07. The second kappa shape index (κ2) is 5.57. The Hall–Kier alpha value is -1.13. The zero-order valence-corrected chi connectivity index (χ0v) is 8.70. The van der Waals surface area contributed by atoms with Gasteiger partial charge in [0.25, 0.3) is 0 Å². The van der Waals surface area contributed by atoms with E-state index in [-0.39, 0.29) is 6.61 Å². The number of pyridine rings is 1. The molecule has 0 saturated heterocycles. The van der Waals surface area contributed by atoms with E-state index in [4.69, 9.17) is 5.11 Å². The Morgan fingerprint density at radius 3 is 2.93 bits per heavy atom. The monoisotopic (exact) mass is 195 g/mol. The van der Waals surface area contributed by atoms with Gasteiger partial charge in [-0.1, -0.05) is 13.0 Å². The van der Waals surface area contributed by atoms with Crippen molar-refractivity contribution in [2.45, 2.75) is 20.0 Å². The van der Waals surface area contributed by atoms with E-state index in [0.717, 1.165) is 18.8 Å². The van der Waals surface area contributed by atoms with Crippen LogP contribution in [0.4, 0.5) is 5.82 Å². The van der Waals surface area contributed by atoms with Crippen molar-refractivity contribution in [3.63, 3.8) is 0 Å². The number of nitrogens with zero attached hydrogens (tertiary/aromatic N) is 2. The summed E-state index contributed by atoms with van der Waals surface area (Å²) < 4.78 is 0. The Kier molecular flexibility index (Phi) is 4.35. The number of hydrogen-bond acceptors (Lipinski definition) is 4. The van der Waals surface area contributed by atoms with Gasteiger partial charge in [0.1, 0.15) is 5.82 Å². The Bertz CT molecular complexity index is 278. The van der Waals surface area contributed by atoms with Crippen LogP contribution in [0.1, 0.15) is 19.0 Å². The fourth-order valence-corrected chi connectivity index (χ4v) is 1.10. The lowest BCUT2D eigenvalue weighted by Gasteiger charge is -2.19. The Morgan fingerprint density at radius 2 is 2.29 bits per heavy atom. The minimum atomic E-state index is -0.0184. The van der Waals surface area contributed by atoms with Gasteiger partial charge in [-0.25, -0.2) is 10.4 Å². The molecule has 0 unspecified atom stereocenters. The molecular formula is C10H17N3O. The molecule has 4 nitrogen and oxygen atoms in total. The summed E-state index contributed by atoms with van der Waals surface area (Å²) in [6, 6.07) is 5.59. The van der Waals surface area contributed by atoms with Gasteiger partial charge in [0.05, 0.1) is 12.3 Å². The first-order valence-electron chi connectivity index (χ1n) is 4.82. The molecule has 0 bridgehead atoms. The van der Waals surface area contributed by atoms with Crippen LogP contribution in [-0.2, 0) is 6.61 Å². The molecule has 1 aromatic heterocycles. The zero-order valence-electron chi connectivity index (χ0n) is 8.70. The molecule has 0 aromatic carbocycles. The normalized spacial score (nSPS) is 10.2. The fraction of sp³-hybridized carbons (Fsp3) is 0.500. The molecular weight excluding hydrogens is 178 g/mol. The van der Waals surface area contributed by atoms with E-state index < -0.39 is 0 Å². The largest absolute Gasteiger partial charge is 0.390 e. The molecule has 1 rings (SSSR count). The average Bonchev–Trinajstić information content (AvgIpc) is 2.26. The van der Waals surface area contributed by atoms with Gasteiger partial charge in [-0.2, -0.15) is 0 Å². The number of aliphatic hydroxyl groups is 1. The Labute approximate surface area is 84.5 Å². The lowest BCUT2D eigenvalue weighted by Crippen LogP contribution is -2.35. The van der Waals surface area contributed by atoms with Crippen LogP contribution >= 0.6 is 0 Å². The SMILES string of the molecule is CCCNN(C)c1cccc(CO)n1. The molecule has 2 N–H and O–H groups in total. The van der Waals surface area contributed by atoms with Gasteiger partial charge in [-0.05, 0) is 18.6 Å². The molecule has 78 valence electrons. The molecule has 14 heavy (non-hydrogen) atoms. The van der Waals surface area contributed by atoms with Crippen molar-refractivity contribution >= 4 is 5.82 Å². The van der Waals surface area contributed by atoms with Crippen LogP contribution in [0.25, 0.3) is 0 Å². The van der Waals surface area contributed by atoms with E-state index in [0.29, 0.717) is 5.69 Å². The van der Waals surface area contributed by atoms with Crippen molar-refractivity contribution in [3.8, 4) is 0 Å². The molecule has 4 heteroatoms. The molecule has 0 aliphatic heterocycles. The molecule has 0 fully saturated rings. The summed E-state index contributed by atoms with van der Waals surface area (Å²) >= 11 is 0. The molecule has 0 spiro atoms. The van der Waals surface area contributed by atoms with E-state index in [1.165, 1.54) is 0 Å². The molecule has 0 aliphatic carbocycles. The number of aromatic nitrogens is 1. The number of hydrazine groups is 1. The van der Waals surface area contributed by atoms with Crippen LogP contribution in [0, 0.1) is 0 Å². The maximum Gasteiger partial charge on any atom is 0.142 e. The van der Waals surface area contributed by atoms with Gasteiger partial charge in [-0.3, -0.25) is 5.01 Å². The zero-order chi connectivity index (χ0) is 10.4. The summed E-state index contributed by atoms with van der Waals surface area (Å²) in [4.78, 5) is 4.26. The molecule has 0 radical (unpaired) electrons. The number of nitrogens with one attached hydrogen (secondary N) is 1. The molecule has 1 heterocycles. The number of anilines is 1. The van der Waals surface area contributed by atoms with Crippen LogP contribution in [0.15, 0.2) is 18.2 Å². The Morgan fingerprint density at radius 1 is 1.50 bits per heavy atom. The van der Waals surface area contributed by atoms with Crippen molar-refractivity contribution in [1.29, 1.82) is 0 Å². The minimum absolute atomic E-state index is 0.0184. The highest BCUT2D eigenvalue weighted by molar-refractivity contribution is 5.36. The van der Waals surface area contributed by atoms with E-state index in [1.807, 2.05) is 24.2 Å². The van der Waals surface area contributed by atoms with E-state index in [2.05, 4.69) is 17.3 Å². The summed E-state index contributed by atoms with van der Waals surface area (Å²) in [5.74, 6) is 0.824. The van der Waals surface area contributed by atoms with E-state index in [1.54, 1.807) is 6.07 Å². The smallest absolute Gasteiger partial charge is 0.142 e. The van der Waals surface area contributed by atoms with Gasteiger partial charge in [0.2, 0.25) is 0 Å². The maximum atomic E-state index is 8.92. The maximum absolute atomic E-state index is 8.92. The summed E-state index contributed by atoms with van der Waals surface area (Å²) in [5.41, 5.74) is 3.88. The average molecular weight is 195 g/mol. The molecule has 0 aliphatic rings. The molecule has 0 saturated carbocycles. The first kappa shape index (κ1) is 10.9. The van der Waals surface area contributed by atoms with E-state index in [9.17, 15) is 0 Å². The van der Waals surface area contributed by atoms with E-state index >= 15 is 0 Å². The molecule has 0 atom stereocenters. The third kappa shape index (κ3) is 2.97. The van der Waals surface area contributed by atoms with Gasteiger partial charge in [-0.15, -0.1) is 0 Å². The highest BCUT2D eigenvalue weighted by Gasteiger charge is 2.01. The number of rotatable bonds is 5. The first-order valence-corrected chi connectivity index (χ1v) is 4.82. The van der Waals surface area contributed by atoms with Crippen molar-refractivity contribution in [3.05, 3.63) is 23.9 Å². The molecule has 0 amide bonds. The summed E-state index contributed by atoms with van der Waals surface area (Å²) in [6.45, 7) is 3.01. The second-order valence-electron chi connectivity index (χ2n) is 3.11. The summed E-state index contributed by atoms with van der Waals surface area (Å²) in [6.07, 6.45) is 1.07. The van der Waals surface area contributed by atoms with Crippen molar-refractivity contribution in [2.75, 3.05) is 18.6 Å². The van der Waals surface area contributed by atoms with Crippen molar-refractivity contribution < 1.29 is 5.11 Å². The fourth-order valence-electron chi connectivity index (χ4n) is 1.10. The highest BCUT2D eigenvalue weighted by atomic mass is 16.3. The van der Waals surface area contributed by atoms with Gasteiger partial charge in [0.15, 0.2) is 0 Å². The second-order valence-corrected chi connectivity index (χ2v) is 3.11.